The maximum absolute atomic E-state index is 13.6. The number of pyridine rings is 1. The average Bonchev–Trinajstić information content (AvgIpc) is 2.98. The fourth-order valence-electron chi connectivity index (χ4n) is 2.98. The summed E-state index contributed by atoms with van der Waals surface area (Å²) >= 11 is 0. The van der Waals surface area contributed by atoms with Crippen molar-refractivity contribution in [3.05, 3.63) is 65.7 Å². The van der Waals surface area contributed by atoms with Gasteiger partial charge in [-0.05, 0) is 35.7 Å². The molecule has 2 aromatic rings. The molecular weight excluding hydrogens is 321 g/mol. The second-order valence-electron chi connectivity index (χ2n) is 6.16. The number of carbonyl (C=O) groups excluding carboxylic acids is 2. The van der Waals surface area contributed by atoms with E-state index in [0.717, 1.165) is 5.56 Å². The summed E-state index contributed by atoms with van der Waals surface area (Å²) in [6, 6.07) is 10.2. The molecule has 0 saturated carbocycles. The fraction of sp³-hybridized carbons (Fsp3) is 0.316. The predicted molar refractivity (Wildman–Crippen MR) is 90.9 cm³/mol. The Kier molecular flexibility index (Phi) is 5.38. The van der Waals surface area contributed by atoms with E-state index in [1.165, 1.54) is 6.07 Å². The topological polar surface area (TPSA) is 62.3 Å². The molecule has 1 aromatic carbocycles. The van der Waals surface area contributed by atoms with Crippen molar-refractivity contribution < 1.29 is 14.0 Å². The van der Waals surface area contributed by atoms with Crippen LogP contribution in [0.25, 0.3) is 0 Å². The largest absolute Gasteiger partial charge is 0.355 e. The lowest BCUT2D eigenvalue weighted by Gasteiger charge is -2.16. The summed E-state index contributed by atoms with van der Waals surface area (Å²) in [5.74, 6) is -0.792. The van der Waals surface area contributed by atoms with E-state index in [-0.39, 0.29) is 30.0 Å². The van der Waals surface area contributed by atoms with Gasteiger partial charge in [-0.25, -0.2) is 4.39 Å². The lowest BCUT2D eigenvalue weighted by molar-refractivity contribution is -0.129. The van der Waals surface area contributed by atoms with Crippen LogP contribution in [-0.4, -0.2) is 34.8 Å². The number of hydrogen-bond donors (Lipinski definition) is 1. The summed E-state index contributed by atoms with van der Waals surface area (Å²) in [6.07, 6.45) is 4.02. The molecule has 1 unspecified atom stereocenters. The highest BCUT2D eigenvalue weighted by Gasteiger charge is 2.33. The molecule has 1 N–H and O–H groups in total. The molecule has 0 radical (unpaired) electrons. The molecule has 1 aromatic heterocycles. The number of likely N-dealkylation sites (tertiary alicyclic amines) is 1. The van der Waals surface area contributed by atoms with Crippen LogP contribution in [-0.2, 0) is 22.6 Å². The molecule has 2 amide bonds. The number of carbonyl (C=O) groups is 2. The molecule has 1 aliphatic rings. The highest BCUT2D eigenvalue weighted by molar-refractivity contribution is 5.89. The SMILES string of the molecule is O=C(NCCc1ccccc1F)C1CC(=O)N(Cc2ccncc2)C1. The molecule has 5 nitrogen and oxygen atoms in total. The first-order valence-corrected chi connectivity index (χ1v) is 8.31. The highest BCUT2D eigenvalue weighted by Crippen LogP contribution is 2.20. The van der Waals surface area contributed by atoms with Gasteiger partial charge < -0.3 is 10.2 Å². The molecule has 6 heteroatoms. The van der Waals surface area contributed by atoms with Gasteiger partial charge in [-0.15, -0.1) is 0 Å². The molecular formula is C19H20FN3O2. The first-order chi connectivity index (χ1) is 12.1. The van der Waals surface area contributed by atoms with E-state index in [9.17, 15) is 14.0 Å². The lowest BCUT2D eigenvalue weighted by Crippen LogP contribution is -2.34. The monoisotopic (exact) mass is 341 g/mol. The number of halogens is 1. The molecule has 0 spiro atoms. The molecule has 0 bridgehead atoms. The molecule has 1 fully saturated rings. The van der Waals surface area contributed by atoms with Crippen molar-refractivity contribution in [1.29, 1.82) is 0 Å². The van der Waals surface area contributed by atoms with E-state index >= 15 is 0 Å². The summed E-state index contributed by atoms with van der Waals surface area (Å²) in [6.45, 7) is 1.25. The van der Waals surface area contributed by atoms with Crippen molar-refractivity contribution in [3.63, 3.8) is 0 Å². The fourth-order valence-corrected chi connectivity index (χ4v) is 2.98. The Hall–Kier alpha value is -2.76. The Morgan fingerprint density at radius 3 is 2.76 bits per heavy atom. The average molecular weight is 341 g/mol. The molecule has 25 heavy (non-hydrogen) atoms. The minimum absolute atomic E-state index is 0.0222. The molecule has 1 atom stereocenters. The van der Waals surface area contributed by atoms with E-state index in [0.29, 0.717) is 31.6 Å². The van der Waals surface area contributed by atoms with Crippen molar-refractivity contribution in [2.75, 3.05) is 13.1 Å². The van der Waals surface area contributed by atoms with Crippen molar-refractivity contribution in [3.8, 4) is 0 Å². The van der Waals surface area contributed by atoms with Crippen LogP contribution < -0.4 is 5.32 Å². The van der Waals surface area contributed by atoms with Gasteiger partial charge >= 0.3 is 0 Å². The van der Waals surface area contributed by atoms with Gasteiger partial charge in [-0.2, -0.15) is 0 Å². The van der Waals surface area contributed by atoms with E-state index in [1.807, 2.05) is 12.1 Å². The first-order valence-electron chi connectivity index (χ1n) is 8.31. The minimum atomic E-state index is -0.352. The van der Waals surface area contributed by atoms with Gasteiger partial charge in [0.15, 0.2) is 0 Å². The van der Waals surface area contributed by atoms with E-state index in [4.69, 9.17) is 0 Å². The van der Waals surface area contributed by atoms with Crippen LogP contribution in [0, 0.1) is 11.7 Å². The number of nitrogens with one attached hydrogen (secondary N) is 1. The van der Waals surface area contributed by atoms with Crippen molar-refractivity contribution in [1.82, 2.24) is 15.2 Å². The third-order valence-corrected chi connectivity index (χ3v) is 4.36. The smallest absolute Gasteiger partial charge is 0.225 e. The van der Waals surface area contributed by atoms with Crippen molar-refractivity contribution in [2.24, 2.45) is 5.92 Å². The van der Waals surface area contributed by atoms with Gasteiger partial charge in [0.2, 0.25) is 11.8 Å². The van der Waals surface area contributed by atoms with Gasteiger partial charge in [0.1, 0.15) is 5.82 Å². The van der Waals surface area contributed by atoms with Gasteiger partial charge in [0.05, 0.1) is 5.92 Å². The Morgan fingerprint density at radius 2 is 2.00 bits per heavy atom. The molecule has 2 heterocycles. The summed E-state index contributed by atoms with van der Waals surface area (Å²) in [7, 11) is 0. The zero-order valence-electron chi connectivity index (χ0n) is 13.8. The Bertz CT molecular complexity index is 751. The normalized spacial score (nSPS) is 16.9. The van der Waals surface area contributed by atoms with Crippen LogP contribution in [0.2, 0.25) is 0 Å². The maximum atomic E-state index is 13.6. The molecule has 1 aliphatic heterocycles. The molecule has 0 aliphatic carbocycles. The summed E-state index contributed by atoms with van der Waals surface area (Å²) < 4.78 is 13.6. The number of nitrogens with zero attached hydrogens (tertiary/aromatic N) is 2. The number of rotatable bonds is 6. The molecule has 3 rings (SSSR count). The maximum Gasteiger partial charge on any atom is 0.225 e. The number of benzene rings is 1. The van der Waals surface area contributed by atoms with Crippen LogP contribution in [0.5, 0.6) is 0 Å². The quantitative estimate of drug-likeness (QED) is 0.873. The number of aromatic nitrogens is 1. The Balaban J connectivity index is 1.48. The van der Waals surface area contributed by atoms with Gasteiger partial charge in [0, 0.05) is 38.4 Å². The summed E-state index contributed by atoms with van der Waals surface area (Å²) in [5, 5.41) is 2.81. The number of amides is 2. The number of hydrogen-bond acceptors (Lipinski definition) is 3. The van der Waals surface area contributed by atoms with Crippen LogP contribution in [0.1, 0.15) is 17.5 Å². The zero-order valence-corrected chi connectivity index (χ0v) is 13.8. The van der Waals surface area contributed by atoms with E-state index in [2.05, 4.69) is 10.3 Å². The van der Waals surface area contributed by atoms with E-state index in [1.54, 1.807) is 35.5 Å². The van der Waals surface area contributed by atoms with Crippen molar-refractivity contribution >= 4 is 11.8 Å². The first kappa shape index (κ1) is 17.1. The third-order valence-electron chi connectivity index (χ3n) is 4.36. The highest BCUT2D eigenvalue weighted by atomic mass is 19.1. The van der Waals surface area contributed by atoms with Crippen LogP contribution in [0.15, 0.2) is 48.8 Å². The summed E-state index contributed by atoms with van der Waals surface area (Å²) in [4.78, 5) is 30.0. The third kappa shape index (κ3) is 4.41. The van der Waals surface area contributed by atoms with Crippen molar-refractivity contribution in [2.45, 2.75) is 19.4 Å². The van der Waals surface area contributed by atoms with Crippen LogP contribution >= 0.6 is 0 Å². The van der Waals surface area contributed by atoms with Gasteiger partial charge in [-0.3, -0.25) is 14.6 Å². The van der Waals surface area contributed by atoms with Crippen LogP contribution in [0.4, 0.5) is 4.39 Å². The van der Waals surface area contributed by atoms with Gasteiger partial charge in [-0.1, -0.05) is 18.2 Å². The standard InChI is InChI=1S/C19H20FN3O2/c20-17-4-2-1-3-15(17)7-10-22-19(25)16-11-18(24)23(13-16)12-14-5-8-21-9-6-14/h1-6,8-9,16H,7,10-13H2,(H,22,25). The minimum Gasteiger partial charge on any atom is -0.355 e. The molecule has 1 saturated heterocycles. The zero-order chi connectivity index (χ0) is 17.6. The second-order valence-corrected chi connectivity index (χ2v) is 6.16. The lowest BCUT2D eigenvalue weighted by atomic mass is 10.1. The Labute approximate surface area is 145 Å². The predicted octanol–water partition coefficient (Wildman–Crippen LogP) is 1.93. The van der Waals surface area contributed by atoms with Gasteiger partial charge in [0.25, 0.3) is 0 Å². The molecule has 130 valence electrons. The second kappa shape index (κ2) is 7.88. The van der Waals surface area contributed by atoms with E-state index < -0.39 is 0 Å². The summed E-state index contributed by atoms with van der Waals surface area (Å²) in [5.41, 5.74) is 1.56. The van der Waals surface area contributed by atoms with Crippen LogP contribution in [0.3, 0.4) is 0 Å². The Morgan fingerprint density at radius 1 is 1.24 bits per heavy atom.